The van der Waals surface area contributed by atoms with Gasteiger partial charge in [-0.3, -0.25) is 0 Å². The summed E-state index contributed by atoms with van der Waals surface area (Å²) >= 11 is 1.78. The minimum atomic E-state index is 0.627. The summed E-state index contributed by atoms with van der Waals surface area (Å²) in [4.78, 5) is 7.98. The number of nitrogens with zero attached hydrogens (tertiary/aromatic N) is 1. The second-order valence-electron chi connectivity index (χ2n) is 5.25. The van der Waals surface area contributed by atoms with Crippen LogP contribution in [0.15, 0.2) is 23.4 Å². The fraction of sp³-hybridized carbons (Fsp3) is 0.533. The number of hydrogen-bond acceptors (Lipinski definition) is 4. The highest BCUT2D eigenvalue weighted by atomic mass is 32.2. The van der Waals surface area contributed by atoms with Crippen molar-refractivity contribution >= 4 is 22.8 Å². The van der Waals surface area contributed by atoms with Crippen molar-refractivity contribution < 1.29 is 4.74 Å². The molecule has 4 nitrogen and oxygen atoms in total. The third-order valence-electron chi connectivity index (χ3n) is 3.61. The Morgan fingerprint density at radius 2 is 2.25 bits per heavy atom. The van der Waals surface area contributed by atoms with E-state index in [9.17, 15) is 0 Å². The number of aromatic nitrogens is 2. The molecule has 5 heteroatoms. The number of benzene rings is 1. The van der Waals surface area contributed by atoms with Crippen molar-refractivity contribution in [2.45, 2.75) is 31.0 Å². The molecular formula is C15H21N3OS. The molecule has 2 N–H and O–H groups in total. The molecule has 1 saturated heterocycles. The molecule has 0 unspecified atom stereocenters. The Labute approximate surface area is 123 Å². The number of imidazole rings is 1. The Balaban J connectivity index is 1.47. The highest BCUT2D eigenvalue weighted by molar-refractivity contribution is 7.99. The highest BCUT2D eigenvalue weighted by Crippen LogP contribution is 2.20. The second-order valence-corrected chi connectivity index (χ2v) is 6.34. The molecule has 0 saturated carbocycles. The Hall–Kier alpha value is -1.04. The number of rotatable bonds is 5. The average Bonchev–Trinajstić information content (AvgIpc) is 2.86. The van der Waals surface area contributed by atoms with E-state index in [1.165, 1.54) is 5.56 Å². The van der Waals surface area contributed by atoms with Crippen molar-refractivity contribution in [3.63, 3.8) is 0 Å². The van der Waals surface area contributed by atoms with E-state index >= 15 is 0 Å². The lowest BCUT2D eigenvalue weighted by Crippen LogP contribution is -2.35. The molecule has 2 aromatic rings. The number of hydrogen-bond donors (Lipinski definition) is 2. The molecular weight excluding hydrogens is 270 g/mol. The first-order chi connectivity index (χ1) is 9.81. The van der Waals surface area contributed by atoms with Gasteiger partial charge in [-0.25, -0.2) is 4.98 Å². The molecule has 0 radical (unpaired) electrons. The summed E-state index contributed by atoms with van der Waals surface area (Å²) in [6.07, 6.45) is 2.27. The third-order valence-corrected chi connectivity index (χ3v) is 4.49. The lowest BCUT2D eigenvalue weighted by atomic mass is 10.1. The molecule has 3 rings (SSSR count). The van der Waals surface area contributed by atoms with E-state index in [0.717, 1.165) is 54.5 Å². The normalized spacial score (nSPS) is 16.9. The zero-order chi connectivity index (χ0) is 13.8. The van der Waals surface area contributed by atoms with Gasteiger partial charge in [-0.15, -0.1) is 0 Å². The summed E-state index contributed by atoms with van der Waals surface area (Å²) in [6, 6.07) is 6.95. The largest absolute Gasteiger partial charge is 0.381 e. The number of thioether (sulfide) groups is 1. The SMILES string of the molecule is Cc1ccc2nc(SCCNC3CCOCC3)[nH]c2c1. The molecule has 2 heterocycles. The third kappa shape index (κ3) is 3.53. The maximum atomic E-state index is 5.36. The first-order valence-electron chi connectivity index (χ1n) is 7.21. The van der Waals surface area contributed by atoms with Crippen LogP contribution < -0.4 is 5.32 Å². The highest BCUT2D eigenvalue weighted by Gasteiger charge is 2.12. The Bertz CT molecular complexity index is 563. The van der Waals surface area contributed by atoms with Crippen LogP contribution >= 0.6 is 11.8 Å². The predicted octanol–water partition coefficient (Wildman–Crippen LogP) is 2.73. The van der Waals surface area contributed by atoms with E-state index in [1.54, 1.807) is 11.8 Å². The molecule has 0 amide bonds. The van der Waals surface area contributed by atoms with Crippen LogP contribution in [0, 0.1) is 6.92 Å². The van der Waals surface area contributed by atoms with Crippen LogP contribution in [-0.2, 0) is 4.74 Å². The summed E-state index contributed by atoms with van der Waals surface area (Å²) in [5.41, 5.74) is 3.44. The van der Waals surface area contributed by atoms with Gasteiger partial charge in [0.15, 0.2) is 5.16 Å². The van der Waals surface area contributed by atoms with Crippen molar-refractivity contribution in [1.29, 1.82) is 0 Å². The summed E-state index contributed by atoms with van der Waals surface area (Å²) in [5, 5.41) is 4.61. The Kier molecular flexibility index (Phi) is 4.60. The van der Waals surface area contributed by atoms with E-state index in [0.29, 0.717) is 6.04 Å². The molecule has 1 aliphatic rings. The van der Waals surface area contributed by atoms with Crippen LogP contribution in [0.5, 0.6) is 0 Å². The molecule has 20 heavy (non-hydrogen) atoms. The topological polar surface area (TPSA) is 49.9 Å². The minimum absolute atomic E-state index is 0.627. The van der Waals surface area contributed by atoms with Crippen molar-refractivity contribution in [3.8, 4) is 0 Å². The van der Waals surface area contributed by atoms with E-state index in [4.69, 9.17) is 4.74 Å². The monoisotopic (exact) mass is 291 g/mol. The summed E-state index contributed by atoms with van der Waals surface area (Å²) in [7, 11) is 0. The number of aryl methyl sites for hydroxylation is 1. The quantitative estimate of drug-likeness (QED) is 0.657. The standard InChI is InChI=1S/C15H21N3OS/c1-11-2-3-13-14(10-11)18-15(17-13)20-9-6-16-12-4-7-19-8-5-12/h2-3,10,12,16H,4-9H2,1H3,(H,17,18). The lowest BCUT2D eigenvalue weighted by Gasteiger charge is -2.22. The average molecular weight is 291 g/mol. The molecule has 0 atom stereocenters. The van der Waals surface area contributed by atoms with Gasteiger partial charge < -0.3 is 15.0 Å². The van der Waals surface area contributed by atoms with E-state index in [2.05, 4.69) is 40.4 Å². The summed E-state index contributed by atoms with van der Waals surface area (Å²) in [6.45, 7) is 4.91. The zero-order valence-electron chi connectivity index (χ0n) is 11.8. The fourth-order valence-corrected chi connectivity index (χ4v) is 3.24. The van der Waals surface area contributed by atoms with Gasteiger partial charge in [-0.2, -0.15) is 0 Å². The van der Waals surface area contributed by atoms with Gasteiger partial charge >= 0.3 is 0 Å². The Morgan fingerprint density at radius 3 is 3.10 bits per heavy atom. The van der Waals surface area contributed by atoms with Crippen LogP contribution in [0.25, 0.3) is 11.0 Å². The van der Waals surface area contributed by atoms with Gasteiger partial charge in [0.25, 0.3) is 0 Å². The van der Waals surface area contributed by atoms with Crippen LogP contribution in [-0.4, -0.2) is 41.5 Å². The molecule has 1 aliphatic heterocycles. The maximum Gasteiger partial charge on any atom is 0.166 e. The second kappa shape index (κ2) is 6.61. The smallest absolute Gasteiger partial charge is 0.166 e. The van der Waals surface area contributed by atoms with Gasteiger partial charge in [0.2, 0.25) is 0 Å². The van der Waals surface area contributed by atoms with Gasteiger partial charge in [-0.1, -0.05) is 17.8 Å². The maximum absolute atomic E-state index is 5.36. The van der Waals surface area contributed by atoms with Crippen LogP contribution in [0.1, 0.15) is 18.4 Å². The van der Waals surface area contributed by atoms with E-state index < -0.39 is 0 Å². The lowest BCUT2D eigenvalue weighted by molar-refractivity contribution is 0.0786. The van der Waals surface area contributed by atoms with Crippen molar-refractivity contribution in [2.24, 2.45) is 0 Å². The van der Waals surface area contributed by atoms with E-state index in [-0.39, 0.29) is 0 Å². The molecule has 1 fully saturated rings. The Morgan fingerprint density at radius 1 is 1.40 bits per heavy atom. The molecule has 1 aromatic heterocycles. The number of aromatic amines is 1. The molecule has 1 aromatic carbocycles. The first-order valence-corrected chi connectivity index (χ1v) is 8.20. The number of fused-ring (bicyclic) bond motifs is 1. The fourth-order valence-electron chi connectivity index (χ4n) is 2.48. The van der Waals surface area contributed by atoms with Crippen molar-refractivity contribution in [2.75, 3.05) is 25.5 Å². The minimum Gasteiger partial charge on any atom is -0.381 e. The number of H-pyrrole nitrogens is 1. The van der Waals surface area contributed by atoms with Gasteiger partial charge in [-0.05, 0) is 37.5 Å². The van der Waals surface area contributed by atoms with E-state index in [1.807, 2.05) is 0 Å². The van der Waals surface area contributed by atoms with Crippen molar-refractivity contribution in [3.05, 3.63) is 23.8 Å². The molecule has 0 bridgehead atoms. The number of nitrogens with one attached hydrogen (secondary N) is 2. The molecule has 108 valence electrons. The van der Waals surface area contributed by atoms with Crippen LogP contribution in [0.4, 0.5) is 0 Å². The van der Waals surface area contributed by atoms with Gasteiger partial charge in [0.05, 0.1) is 11.0 Å². The summed E-state index contributed by atoms with van der Waals surface area (Å²) in [5.74, 6) is 1.04. The molecule has 0 spiro atoms. The summed E-state index contributed by atoms with van der Waals surface area (Å²) < 4.78 is 5.36. The molecule has 0 aliphatic carbocycles. The van der Waals surface area contributed by atoms with Gasteiger partial charge in [0, 0.05) is 31.6 Å². The van der Waals surface area contributed by atoms with Gasteiger partial charge in [0.1, 0.15) is 0 Å². The zero-order valence-corrected chi connectivity index (χ0v) is 12.6. The first kappa shape index (κ1) is 13.9. The van der Waals surface area contributed by atoms with Crippen LogP contribution in [0.3, 0.4) is 0 Å². The predicted molar refractivity (Wildman–Crippen MR) is 83.4 cm³/mol. The van der Waals surface area contributed by atoms with Crippen molar-refractivity contribution in [1.82, 2.24) is 15.3 Å². The number of ether oxygens (including phenoxy) is 1. The van der Waals surface area contributed by atoms with Crippen LogP contribution in [0.2, 0.25) is 0 Å².